The Bertz CT molecular complexity index is 186. The maximum atomic E-state index is 5.58. The van der Waals surface area contributed by atoms with E-state index in [2.05, 4.69) is 24.2 Å². The third-order valence-electron chi connectivity index (χ3n) is 3.60. The van der Waals surface area contributed by atoms with E-state index in [1.807, 2.05) is 0 Å². The highest BCUT2D eigenvalue weighted by Crippen LogP contribution is 2.22. The molecule has 82 valence electrons. The average molecular weight is 198 g/mol. The molecule has 3 unspecified atom stereocenters. The van der Waals surface area contributed by atoms with Gasteiger partial charge in [-0.15, -0.1) is 0 Å². The fourth-order valence-electron chi connectivity index (χ4n) is 2.66. The maximum absolute atomic E-state index is 5.58. The first-order valence-corrected chi connectivity index (χ1v) is 5.82. The van der Waals surface area contributed by atoms with Gasteiger partial charge in [0.15, 0.2) is 0 Å². The van der Waals surface area contributed by atoms with Crippen molar-refractivity contribution in [1.29, 1.82) is 0 Å². The maximum Gasteiger partial charge on any atom is 0.0561 e. The number of nitrogens with zero attached hydrogens (tertiary/aromatic N) is 1. The Kier molecular flexibility index (Phi) is 3.42. The predicted octanol–water partition coefficient (Wildman–Crippen LogP) is 0.848. The molecule has 0 aromatic carbocycles. The third-order valence-corrected chi connectivity index (χ3v) is 3.60. The van der Waals surface area contributed by atoms with Crippen LogP contribution in [0.5, 0.6) is 0 Å². The van der Waals surface area contributed by atoms with Crippen LogP contribution in [0.3, 0.4) is 0 Å². The Morgan fingerprint density at radius 2 is 2.21 bits per heavy atom. The number of nitrogens with one attached hydrogen (secondary N) is 1. The van der Waals surface area contributed by atoms with Crippen LogP contribution in [0.2, 0.25) is 0 Å². The van der Waals surface area contributed by atoms with E-state index in [0.717, 1.165) is 12.6 Å². The van der Waals surface area contributed by atoms with Gasteiger partial charge in [-0.2, -0.15) is 0 Å². The molecule has 0 radical (unpaired) electrons. The molecule has 3 nitrogen and oxygen atoms in total. The molecular weight excluding hydrogens is 176 g/mol. The molecule has 0 aromatic rings. The predicted molar refractivity (Wildman–Crippen MR) is 57.5 cm³/mol. The molecule has 2 aliphatic rings. The summed E-state index contributed by atoms with van der Waals surface area (Å²) in [7, 11) is 2.07. The zero-order valence-electron chi connectivity index (χ0n) is 9.33. The number of hydrogen-bond donors (Lipinski definition) is 1. The second-order valence-corrected chi connectivity index (χ2v) is 4.63. The van der Waals surface area contributed by atoms with Gasteiger partial charge in [-0.05, 0) is 33.2 Å². The van der Waals surface area contributed by atoms with Gasteiger partial charge < -0.3 is 10.1 Å². The molecule has 0 aliphatic carbocycles. The van der Waals surface area contributed by atoms with E-state index in [1.54, 1.807) is 0 Å². The van der Waals surface area contributed by atoms with Gasteiger partial charge in [0.05, 0.1) is 6.10 Å². The van der Waals surface area contributed by atoms with Gasteiger partial charge in [-0.25, -0.2) is 0 Å². The summed E-state index contributed by atoms with van der Waals surface area (Å²) in [5.74, 6) is 0. The third kappa shape index (κ3) is 2.27. The van der Waals surface area contributed by atoms with Gasteiger partial charge in [0.1, 0.15) is 0 Å². The normalized spacial score (nSPS) is 40.3. The summed E-state index contributed by atoms with van der Waals surface area (Å²) in [6, 6.07) is 1.49. The van der Waals surface area contributed by atoms with Crippen molar-refractivity contribution >= 4 is 0 Å². The molecule has 2 fully saturated rings. The fourth-order valence-corrected chi connectivity index (χ4v) is 2.66. The highest BCUT2D eigenvalue weighted by molar-refractivity contribution is 4.86. The molecule has 0 spiro atoms. The molecule has 0 aromatic heterocycles. The van der Waals surface area contributed by atoms with E-state index in [0.29, 0.717) is 12.1 Å². The van der Waals surface area contributed by atoms with E-state index >= 15 is 0 Å². The molecular formula is C11H22N2O. The molecule has 1 N–H and O–H groups in total. The van der Waals surface area contributed by atoms with Crippen molar-refractivity contribution in [1.82, 2.24) is 10.2 Å². The van der Waals surface area contributed by atoms with E-state index in [1.165, 1.54) is 32.4 Å². The van der Waals surface area contributed by atoms with Gasteiger partial charge in [-0.1, -0.05) is 0 Å². The van der Waals surface area contributed by atoms with Crippen molar-refractivity contribution in [2.24, 2.45) is 0 Å². The van der Waals surface area contributed by atoms with Crippen LogP contribution < -0.4 is 5.32 Å². The van der Waals surface area contributed by atoms with Crippen LogP contribution in [0.15, 0.2) is 0 Å². The lowest BCUT2D eigenvalue weighted by molar-refractivity contribution is -0.0125. The summed E-state index contributed by atoms with van der Waals surface area (Å²) in [4.78, 5) is 2.64. The molecule has 2 saturated heterocycles. The highest BCUT2D eigenvalue weighted by atomic mass is 16.5. The van der Waals surface area contributed by atoms with E-state index in [-0.39, 0.29) is 0 Å². The van der Waals surface area contributed by atoms with Crippen molar-refractivity contribution in [2.45, 2.75) is 44.4 Å². The van der Waals surface area contributed by atoms with Crippen LogP contribution in [0.4, 0.5) is 0 Å². The summed E-state index contributed by atoms with van der Waals surface area (Å²) in [5, 5.41) is 3.37. The van der Waals surface area contributed by atoms with E-state index in [4.69, 9.17) is 4.74 Å². The van der Waals surface area contributed by atoms with Gasteiger partial charge in [-0.3, -0.25) is 4.90 Å². The van der Waals surface area contributed by atoms with Gasteiger partial charge in [0, 0.05) is 31.8 Å². The lowest BCUT2D eigenvalue weighted by Gasteiger charge is -2.34. The minimum absolute atomic E-state index is 0.461. The number of ether oxygens (including phenoxy) is 1. The molecule has 0 amide bonds. The molecule has 2 aliphatic heterocycles. The second kappa shape index (κ2) is 4.60. The molecule has 2 heterocycles. The van der Waals surface area contributed by atoms with Gasteiger partial charge in [0.25, 0.3) is 0 Å². The van der Waals surface area contributed by atoms with Crippen molar-refractivity contribution in [3.8, 4) is 0 Å². The summed E-state index contributed by atoms with van der Waals surface area (Å²) in [6.07, 6.45) is 4.21. The minimum atomic E-state index is 0.461. The number of hydrogen-bond acceptors (Lipinski definition) is 3. The molecule has 2 rings (SSSR count). The van der Waals surface area contributed by atoms with Crippen LogP contribution in [0.25, 0.3) is 0 Å². The first kappa shape index (κ1) is 10.4. The average Bonchev–Trinajstić information content (AvgIpc) is 2.66. The molecule has 3 heteroatoms. The fraction of sp³-hybridized carbons (Fsp3) is 1.00. The van der Waals surface area contributed by atoms with Crippen molar-refractivity contribution in [3.05, 3.63) is 0 Å². The zero-order valence-corrected chi connectivity index (χ0v) is 9.33. The Balaban J connectivity index is 1.83. The van der Waals surface area contributed by atoms with Crippen LogP contribution in [0.1, 0.15) is 26.2 Å². The monoisotopic (exact) mass is 198 g/mol. The number of rotatable bonds is 2. The quantitative estimate of drug-likeness (QED) is 0.712. The highest BCUT2D eigenvalue weighted by Gasteiger charge is 2.30. The summed E-state index contributed by atoms with van der Waals surface area (Å²) in [6.45, 7) is 5.64. The van der Waals surface area contributed by atoms with Crippen LogP contribution >= 0.6 is 0 Å². The Hall–Kier alpha value is -0.120. The molecule has 0 saturated carbocycles. The van der Waals surface area contributed by atoms with Crippen molar-refractivity contribution in [2.75, 3.05) is 26.7 Å². The molecule has 14 heavy (non-hydrogen) atoms. The molecule has 0 bridgehead atoms. The van der Waals surface area contributed by atoms with Gasteiger partial charge in [0.2, 0.25) is 0 Å². The lowest BCUT2D eigenvalue weighted by Crippen LogP contribution is -2.41. The largest absolute Gasteiger partial charge is 0.378 e. The standard InChI is InChI=1S/C11H22N2O/c1-9-7-11(4-6-14-9)13-5-3-10(8-13)12-2/h9-12H,3-8H2,1-2H3. The Morgan fingerprint density at radius 3 is 2.86 bits per heavy atom. The van der Waals surface area contributed by atoms with E-state index in [9.17, 15) is 0 Å². The Labute approximate surface area is 86.8 Å². The van der Waals surface area contributed by atoms with Crippen molar-refractivity contribution < 1.29 is 4.74 Å². The summed E-state index contributed by atoms with van der Waals surface area (Å²) < 4.78 is 5.58. The SMILES string of the molecule is CNC1CCN(C2CCOC(C)C2)C1. The lowest BCUT2D eigenvalue weighted by atomic mass is 10.0. The topological polar surface area (TPSA) is 24.5 Å². The zero-order chi connectivity index (χ0) is 9.97. The number of likely N-dealkylation sites (tertiary alicyclic amines) is 1. The first-order valence-electron chi connectivity index (χ1n) is 5.82. The number of likely N-dealkylation sites (N-methyl/N-ethyl adjacent to an activating group) is 1. The second-order valence-electron chi connectivity index (χ2n) is 4.63. The van der Waals surface area contributed by atoms with Gasteiger partial charge >= 0.3 is 0 Å². The first-order chi connectivity index (χ1) is 6.79. The van der Waals surface area contributed by atoms with E-state index < -0.39 is 0 Å². The van der Waals surface area contributed by atoms with Crippen molar-refractivity contribution in [3.63, 3.8) is 0 Å². The molecule has 3 atom stereocenters. The summed E-state index contributed by atoms with van der Waals surface area (Å²) >= 11 is 0. The Morgan fingerprint density at radius 1 is 1.36 bits per heavy atom. The summed E-state index contributed by atoms with van der Waals surface area (Å²) in [5.41, 5.74) is 0. The van der Waals surface area contributed by atoms with Crippen LogP contribution in [-0.2, 0) is 4.74 Å². The minimum Gasteiger partial charge on any atom is -0.378 e. The smallest absolute Gasteiger partial charge is 0.0561 e. The van der Waals surface area contributed by atoms with Crippen LogP contribution in [0, 0.1) is 0 Å². The van der Waals surface area contributed by atoms with Crippen LogP contribution in [-0.4, -0.2) is 49.8 Å².